The molecule has 0 unspecified atom stereocenters. The summed E-state index contributed by atoms with van der Waals surface area (Å²) in [6.45, 7) is 3.55. The summed E-state index contributed by atoms with van der Waals surface area (Å²) in [6, 6.07) is 6.47. The number of carbonyl (C=O) groups excluding carboxylic acids is 2. The van der Waals surface area contributed by atoms with E-state index in [0.717, 1.165) is 48.5 Å². The van der Waals surface area contributed by atoms with Gasteiger partial charge in [-0.2, -0.15) is 0 Å². The number of halogens is 2. The van der Waals surface area contributed by atoms with Gasteiger partial charge in [-0.3, -0.25) is 9.69 Å². The number of carbonyl (C=O) groups is 2. The molecule has 37 heavy (non-hydrogen) atoms. The smallest absolute Gasteiger partial charge is 0.414 e. The van der Waals surface area contributed by atoms with E-state index in [1.54, 1.807) is 11.8 Å². The summed E-state index contributed by atoms with van der Waals surface area (Å²) in [5.74, 6) is -1.18. The number of aromatic nitrogens is 2. The zero-order valence-corrected chi connectivity index (χ0v) is 21.2. The number of nitrogens with zero attached hydrogens (tertiary/aromatic N) is 3. The fourth-order valence-corrected chi connectivity index (χ4v) is 6.00. The molecule has 2 heterocycles. The Labute approximate surface area is 214 Å². The zero-order chi connectivity index (χ0) is 26.4. The maximum atomic E-state index is 14.7. The lowest BCUT2D eigenvalue weighted by atomic mass is 9.83. The predicted octanol–water partition coefficient (Wildman–Crippen LogP) is 5.62. The largest absolute Gasteiger partial charge is 0.452 e. The molecular formula is C28H31F2N3O4. The van der Waals surface area contributed by atoms with Crippen LogP contribution in [0.4, 0.5) is 19.3 Å². The molecule has 1 saturated carbocycles. The van der Waals surface area contributed by atoms with Crippen LogP contribution in [0.5, 0.6) is 0 Å². The van der Waals surface area contributed by atoms with E-state index in [0.29, 0.717) is 30.5 Å². The highest BCUT2D eigenvalue weighted by Crippen LogP contribution is 2.42. The summed E-state index contributed by atoms with van der Waals surface area (Å²) in [7, 11) is 1.34. The molecule has 1 aliphatic heterocycles. The van der Waals surface area contributed by atoms with E-state index in [1.165, 1.54) is 7.11 Å². The van der Waals surface area contributed by atoms with Gasteiger partial charge in [0, 0.05) is 29.1 Å². The summed E-state index contributed by atoms with van der Waals surface area (Å²) in [5, 5.41) is 11.4. The van der Waals surface area contributed by atoms with Crippen LogP contribution in [-0.4, -0.2) is 39.7 Å². The number of amides is 1. The summed E-state index contributed by atoms with van der Waals surface area (Å²) >= 11 is 0. The van der Waals surface area contributed by atoms with E-state index in [-0.39, 0.29) is 35.2 Å². The minimum absolute atomic E-state index is 0.0689. The lowest BCUT2D eigenvalue weighted by molar-refractivity contribution is -0.122. The highest BCUT2D eigenvalue weighted by molar-refractivity contribution is 5.95. The van der Waals surface area contributed by atoms with Gasteiger partial charge in [0.05, 0.1) is 23.8 Å². The normalized spacial score (nSPS) is 22.5. The number of benzene rings is 2. The molecule has 1 aliphatic carbocycles. The number of ether oxygens (including phenoxy) is 1. The van der Waals surface area contributed by atoms with Gasteiger partial charge in [-0.15, -0.1) is 0 Å². The fraction of sp³-hybridized carbons (Fsp3) is 0.464. The van der Waals surface area contributed by atoms with Crippen LogP contribution in [0.1, 0.15) is 75.0 Å². The fourth-order valence-electron chi connectivity index (χ4n) is 6.00. The summed E-state index contributed by atoms with van der Waals surface area (Å²) < 4.78 is 35.7. The standard InChI is InChI=1S/C28H31F2N3O4/c1-15-7-9-20-23(32(15)28(36)37-3)11-12-24-25(20)31-27(26(35)21-14-18(29)8-10-22(21)30)33(24)19-6-4-5-17(13-19)16(2)34/h8,10-12,14-15,17,19,26,35H,4-7,9,13H2,1-3H3/t15-,17+,19+,26-/m0/s1. The number of hydrogen-bond acceptors (Lipinski definition) is 5. The van der Waals surface area contributed by atoms with Gasteiger partial charge in [0.2, 0.25) is 0 Å². The van der Waals surface area contributed by atoms with Crippen molar-refractivity contribution in [2.75, 3.05) is 12.0 Å². The molecule has 4 atom stereocenters. The van der Waals surface area contributed by atoms with Crippen molar-refractivity contribution in [1.29, 1.82) is 0 Å². The van der Waals surface area contributed by atoms with Crippen molar-refractivity contribution in [2.45, 2.75) is 70.6 Å². The number of hydrogen-bond donors (Lipinski definition) is 1. The quantitative estimate of drug-likeness (QED) is 0.491. The molecule has 2 aliphatic rings. The molecule has 9 heteroatoms. The van der Waals surface area contributed by atoms with Crippen LogP contribution in [0.15, 0.2) is 30.3 Å². The van der Waals surface area contributed by atoms with Gasteiger partial charge < -0.3 is 14.4 Å². The first-order valence-corrected chi connectivity index (χ1v) is 12.8. The number of aliphatic hydroxyl groups excluding tert-OH is 1. The van der Waals surface area contributed by atoms with E-state index in [4.69, 9.17) is 9.72 Å². The number of Topliss-reactive ketones (excluding diaryl/α,β-unsaturated/α-hetero) is 1. The highest BCUT2D eigenvalue weighted by atomic mass is 19.1. The van der Waals surface area contributed by atoms with E-state index < -0.39 is 23.8 Å². The molecular weight excluding hydrogens is 480 g/mol. The minimum Gasteiger partial charge on any atom is -0.452 e. The third-order valence-corrected chi connectivity index (χ3v) is 7.94. The Morgan fingerprint density at radius 1 is 1.16 bits per heavy atom. The molecule has 1 amide bonds. The lowest BCUT2D eigenvalue weighted by Gasteiger charge is -2.34. The second-order valence-electron chi connectivity index (χ2n) is 10.2. The molecule has 0 spiro atoms. The molecule has 1 fully saturated rings. The summed E-state index contributed by atoms with van der Waals surface area (Å²) in [5.41, 5.74) is 2.67. The molecule has 2 aromatic carbocycles. The number of ketones is 1. The zero-order valence-electron chi connectivity index (χ0n) is 21.2. The Bertz CT molecular complexity index is 1370. The molecule has 1 aromatic heterocycles. The van der Waals surface area contributed by atoms with Crippen LogP contribution in [0, 0.1) is 17.6 Å². The summed E-state index contributed by atoms with van der Waals surface area (Å²) in [6.07, 6.45) is 2.34. The first kappa shape index (κ1) is 25.3. The Kier molecular flexibility index (Phi) is 6.74. The van der Waals surface area contributed by atoms with Crippen molar-refractivity contribution in [3.05, 3.63) is 58.9 Å². The Hall–Kier alpha value is -3.33. The topological polar surface area (TPSA) is 84.7 Å². The average molecular weight is 512 g/mol. The predicted molar refractivity (Wildman–Crippen MR) is 134 cm³/mol. The minimum atomic E-state index is -1.52. The number of imidazole rings is 1. The van der Waals surface area contributed by atoms with Gasteiger partial charge in [0.1, 0.15) is 29.3 Å². The van der Waals surface area contributed by atoms with Crippen molar-refractivity contribution >= 4 is 28.6 Å². The maximum absolute atomic E-state index is 14.7. The van der Waals surface area contributed by atoms with Crippen molar-refractivity contribution < 1.29 is 28.2 Å². The van der Waals surface area contributed by atoms with E-state index >= 15 is 0 Å². The molecule has 7 nitrogen and oxygen atoms in total. The Morgan fingerprint density at radius 2 is 1.95 bits per heavy atom. The van der Waals surface area contributed by atoms with E-state index in [1.807, 2.05) is 23.6 Å². The van der Waals surface area contributed by atoms with Gasteiger partial charge in [-0.1, -0.05) is 6.42 Å². The van der Waals surface area contributed by atoms with Crippen LogP contribution in [0.3, 0.4) is 0 Å². The van der Waals surface area contributed by atoms with Gasteiger partial charge >= 0.3 is 6.09 Å². The number of fused-ring (bicyclic) bond motifs is 3. The first-order valence-electron chi connectivity index (χ1n) is 12.8. The second-order valence-corrected chi connectivity index (χ2v) is 10.2. The van der Waals surface area contributed by atoms with E-state index in [9.17, 15) is 23.5 Å². The molecule has 0 radical (unpaired) electrons. The molecule has 1 N–H and O–H groups in total. The Morgan fingerprint density at radius 3 is 2.68 bits per heavy atom. The van der Waals surface area contributed by atoms with Gasteiger partial charge in [0.15, 0.2) is 0 Å². The molecule has 0 bridgehead atoms. The molecule has 0 saturated heterocycles. The van der Waals surface area contributed by atoms with Gasteiger partial charge in [-0.25, -0.2) is 18.6 Å². The van der Waals surface area contributed by atoms with Crippen molar-refractivity contribution in [2.24, 2.45) is 5.92 Å². The summed E-state index contributed by atoms with van der Waals surface area (Å²) in [4.78, 5) is 31.2. The van der Waals surface area contributed by atoms with Crippen molar-refractivity contribution in [1.82, 2.24) is 9.55 Å². The van der Waals surface area contributed by atoms with Crippen LogP contribution < -0.4 is 4.90 Å². The average Bonchev–Trinajstić information content (AvgIpc) is 3.29. The third-order valence-electron chi connectivity index (χ3n) is 7.94. The van der Waals surface area contributed by atoms with Gasteiger partial charge in [-0.05, 0) is 76.3 Å². The molecule has 3 aromatic rings. The third kappa shape index (κ3) is 4.39. The van der Waals surface area contributed by atoms with Crippen molar-refractivity contribution in [3.8, 4) is 0 Å². The monoisotopic (exact) mass is 511 g/mol. The SMILES string of the molecule is COC(=O)N1c2ccc3c(nc([C@@H](O)c4cc(F)ccc4F)n3[C@@H]3CCC[C@@H](C(C)=O)C3)c2CC[C@@H]1C. The van der Waals surface area contributed by atoms with Crippen LogP contribution in [0.2, 0.25) is 0 Å². The first-order chi connectivity index (χ1) is 17.7. The number of anilines is 1. The van der Waals surface area contributed by atoms with Crippen molar-refractivity contribution in [3.63, 3.8) is 0 Å². The van der Waals surface area contributed by atoms with E-state index in [2.05, 4.69) is 0 Å². The molecule has 5 rings (SSSR count). The molecule has 196 valence electrons. The number of aryl methyl sites for hydroxylation is 1. The van der Waals surface area contributed by atoms with Crippen LogP contribution in [0.25, 0.3) is 11.0 Å². The van der Waals surface area contributed by atoms with Crippen LogP contribution in [-0.2, 0) is 16.0 Å². The lowest BCUT2D eigenvalue weighted by Crippen LogP contribution is -2.42. The highest BCUT2D eigenvalue weighted by Gasteiger charge is 2.35. The number of methoxy groups -OCH3 is 1. The van der Waals surface area contributed by atoms with Gasteiger partial charge in [0.25, 0.3) is 0 Å². The second kappa shape index (κ2) is 9.85. The number of aliphatic hydroxyl groups is 1. The van der Waals surface area contributed by atoms with Crippen LogP contribution >= 0.6 is 0 Å². The Balaban J connectivity index is 1.71. The maximum Gasteiger partial charge on any atom is 0.414 e. The number of rotatable bonds is 4.